The number of hydrazine groups is 1. The summed E-state index contributed by atoms with van der Waals surface area (Å²) in [4.78, 5) is 11.9. The van der Waals surface area contributed by atoms with Gasteiger partial charge in [0.25, 0.3) is 5.91 Å². The monoisotopic (exact) mass is 437 g/mol. The lowest BCUT2D eigenvalue weighted by Gasteiger charge is -2.35. The second-order valence-electron chi connectivity index (χ2n) is 9.32. The molecule has 0 saturated carbocycles. The summed E-state index contributed by atoms with van der Waals surface area (Å²) >= 11 is 0. The second-order valence-corrected chi connectivity index (χ2v) is 9.32. The van der Waals surface area contributed by atoms with E-state index in [1.165, 1.54) is 0 Å². The fraction of sp³-hybridized carbons (Fsp3) is 0.480. The van der Waals surface area contributed by atoms with E-state index in [1.54, 1.807) is 13.1 Å². The molecular formula is C25H32FN5O. The standard InChI is InChI=1S/C25H32FN5O/c1-14-10-17(20-4-3-9-28-20)11-19(26)23(14)21-12-18-22(13-29-21)30-31-24(18)15-5-7-16(8-6-15)25(32)27-2/h5-8,10-11,18,20-22,24,28-31H,3-4,9,12-13H2,1-2H3,(H,27,32). The normalized spacial score (nSPS) is 29.7. The van der Waals surface area contributed by atoms with Gasteiger partial charge in [-0.1, -0.05) is 18.2 Å². The fourth-order valence-corrected chi connectivity index (χ4v) is 5.70. The van der Waals surface area contributed by atoms with Crippen LogP contribution in [0.15, 0.2) is 36.4 Å². The Morgan fingerprint density at radius 3 is 2.56 bits per heavy atom. The lowest BCUT2D eigenvalue weighted by Crippen LogP contribution is -2.46. The van der Waals surface area contributed by atoms with Gasteiger partial charge in [-0.25, -0.2) is 9.82 Å². The van der Waals surface area contributed by atoms with Gasteiger partial charge in [0.1, 0.15) is 5.82 Å². The lowest BCUT2D eigenvalue weighted by atomic mass is 9.79. The first-order valence-electron chi connectivity index (χ1n) is 11.6. The van der Waals surface area contributed by atoms with Gasteiger partial charge in [0.15, 0.2) is 0 Å². The highest BCUT2D eigenvalue weighted by Crippen LogP contribution is 2.40. The molecule has 170 valence electrons. The number of carbonyl (C=O) groups is 1. The van der Waals surface area contributed by atoms with Gasteiger partial charge in [-0.3, -0.25) is 10.2 Å². The summed E-state index contributed by atoms with van der Waals surface area (Å²) in [6.07, 6.45) is 3.05. The van der Waals surface area contributed by atoms with Crippen LogP contribution in [0.3, 0.4) is 0 Å². The van der Waals surface area contributed by atoms with Crippen molar-refractivity contribution >= 4 is 5.91 Å². The number of amides is 1. The summed E-state index contributed by atoms with van der Waals surface area (Å²) in [6, 6.07) is 12.3. The molecule has 0 bridgehead atoms. The summed E-state index contributed by atoms with van der Waals surface area (Å²) in [7, 11) is 1.64. The van der Waals surface area contributed by atoms with E-state index >= 15 is 4.39 Å². The summed E-state index contributed by atoms with van der Waals surface area (Å²) < 4.78 is 15.3. The number of hydrogen-bond acceptors (Lipinski definition) is 5. The van der Waals surface area contributed by atoms with E-state index in [1.807, 2.05) is 31.2 Å². The van der Waals surface area contributed by atoms with Gasteiger partial charge < -0.3 is 16.0 Å². The third kappa shape index (κ3) is 3.94. The van der Waals surface area contributed by atoms with E-state index in [4.69, 9.17) is 0 Å². The number of rotatable bonds is 4. The molecular weight excluding hydrogens is 405 g/mol. The molecule has 3 saturated heterocycles. The van der Waals surface area contributed by atoms with Gasteiger partial charge in [0.05, 0.1) is 6.04 Å². The molecule has 3 heterocycles. The van der Waals surface area contributed by atoms with Crippen LogP contribution in [-0.2, 0) is 0 Å². The number of halogens is 1. The first-order chi connectivity index (χ1) is 15.5. The van der Waals surface area contributed by atoms with Crippen LogP contribution in [0.4, 0.5) is 4.39 Å². The van der Waals surface area contributed by atoms with Crippen LogP contribution in [0.5, 0.6) is 0 Å². The Hall–Kier alpha value is -2.32. The third-order valence-electron chi connectivity index (χ3n) is 7.39. The van der Waals surface area contributed by atoms with Crippen molar-refractivity contribution in [1.82, 2.24) is 26.8 Å². The summed E-state index contributed by atoms with van der Waals surface area (Å²) in [5.74, 6) is 0.133. The lowest BCUT2D eigenvalue weighted by molar-refractivity contribution is 0.0963. The maximum Gasteiger partial charge on any atom is 0.251 e. The van der Waals surface area contributed by atoms with Crippen molar-refractivity contribution in [3.05, 3.63) is 70.0 Å². The van der Waals surface area contributed by atoms with Crippen molar-refractivity contribution in [3.63, 3.8) is 0 Å². The van der Waals surface area contributed by atoms with Crippen LogP contribution < -0.4 is 26.8 Å². The predicted molar refractivity (Wildman–Crippen MR) is 123 cm³/mol. The molecule has 3 fully saturated rings. The van der Waals surface area contributed by atoms with Crippen molar-refractivity contribution in [2.45, 2.75) is 50.4 Å². The Labute approximate surface area is 188 Å². The Morgan fingerprint density at radius 1 is 1.06 bits per heavy atom. The molecule has 5 atom stereocenters. The minimum atomic E-state index is -0.102. The molecule has 5 unspecified atom stereocenters. The quantitative estimate of drug-likeness (QED) is 0.509. The molecule has 3 aliphatic rings. The van der Waals surface area contributed by atoms with Crippen LogP contribution in [0, 0.1) is 18.7 Å². The molecule has 0 spiro atoms. The number of fused-ring (bicyclic) bond motifs is 1. The average molecular weight is 438 g/mol. The number of benzene rings is 2. The van der Waals surface area contributed by atoms with E-state index in [2.05, 4.69) is 32.9 Å². The number of piperidine rings is 1. The van der Waals surface area contributed by atoms with Gasteiger partial charge >= 0.3 is 0 Å². The molecule has 7 heteroatoms. The minimum absolute atomic E-state index is 0.0174. The molecule has 2 aromatic carbocycles. The highest BCUT2D eigenvalue weighted by molar-refractivity contribution is 5.93. The zero-order chi connectivity index (χ0) is 22.2. The van der Waals surface area contributed by atoms with E-state index in [0.29, 0.717) is 11.5 Å². The molecule has 3 aliphatic heterocycles. The minimum Gasteiger partial charge on any atom is -0.355 e. The van der Waals surface area contributed by atoms with E-state index in [0.717, 1.165) is 54.6 Å². The zero-order valence-electron chi connectivity index (χ0n) is 18.7. The predicted octanol–water partition coefficient (Wildman–Crippen LogP) is 2.79. The second kappa shape index (κ2) is 8.90. The van der Waals surface area contributed by atoms with Crippen LogP contribution in [0.25, 0.3) is 0 Å². The Kier molecular flexibility index (Phi) is 5.99. The summed E-state index contributed by atoms with van der Waals surface area (Å²) in [5.41, 5.74) is 11.5. The van der Waals surface area contributed by atoms with Crippen LogP contribution in [-0.4, -0.2) is 32.1 Å². The molecule has 5 N–H and O–H groups in total. The van der Waals surface area contributed by atoms with Crippen molar-refractivity contribution in [2.24, 2.45) is 5.92 Å². The van der Waals surface area contributed by atoms with Crippen molar-refractivity contribution in [1.29, 1.82) is 0 Å². The Balaban J connectivity index is 1.36. The van der Waals surface area contributed by atoms with Gasteiger partial charge in [0, 0.05) is 42.8 Å². The van der Waals surface area contributed by atoms with Crippen molar-refractivity contribution in [2.75, 3.05) is 20.1 Å². The largest absolute Gasteiger partial charge is 0.355 e. The highest BCUT2D eigenvalue weighted by atomic mass is 19.1. The zero-order valence-corrected chi connectivity index (χ0v) is 18.7. The summed E-state index contributed by atoms with van der Waals surface area (Å²) in [5, 5.41) is 9.70. The van der Waals surface area contributed by atoms with Gasteiger partial charge in [-0.15, -0.1) is 0 Å². The van der Waals surface area contributed by atoms with E-state index in [-0.39, 0.29) is 35.9 Å². The third-order valence-corrected chi connectivity index (χ3v) is 7.39. The van der Waals surface area contributed by atoms with Gasteiger partial charge in [-0.05, 0) is 73.5 Å². The average Bonchev–Trinajstić information content (AvgIpc) is 3.48. The number of aryl methyl sites for hydroxylation is 1. The number of carbonyl (C=O) groups excluding carboxylic acids is 1. The molecule has 0 aromatic heterocycles. The molecule has 6 nitrogen and oxygen atoms in total. The fourth-order valence-electron chi connectivity index (χ4n) is 5.70. The molecule has 1 amide bonds. The van der Waals surface area contributed by atoms with Crippen LogP contribution >= 0.6 is 0 Å². The highest BCUT2D eigenvalue weighted by Gasteiger charge is 2.42. The molecule has 5 rings (SSSR count). The molecule has 32 heavy (non-hydrogen) atoms. The van der Waals surface area contributed by atoms with Crippen molar-refractivity contribution < 1.29 is 9.18 Å². The Morgan fingerprint density at radius 2 is 1.88 bits per heavy atom. The molecule has 0 aliphatic carbocycles. The SMILES string of the molecule is CNC(=O)c1ccc(C2NNC3CNC(c4c(C)cc(C5CCCN5)cc4F)CC32)cc1. The van der Waals surface area contributed by atoms with E-state index in [9.17, 15) is 4.79 Å². The van der Waals surface area contributed by atoms with E-state index < -0.39 is 0 Å². The Bertz CT molecular complexity index is 965. The van der Waals surface area contributed by atoms with Gasteiger partial charge in [0.2, 0.25) is 0 Å². The topological polar surface area (TPSA) is 77.2 Å². The smallest absolute Gasteiger partial charge is 0.251 e. The first-order valence-corrected chi connectivity index (χ1v) is 11.6. The first kappa shape index (κ1) is 21.5. The van der Waals surface area contributed by atoms with Gasteiger partial charge in [-0.2, -0.15) is 0 Å². The number of nitrogens with one attached hydrogen (secondary N) is 5. The van der Waals surface area contributed by atoms with Crippen LogP contribution in [0.1, 0.15) is 70.0 Å². The molecule has 0 radical (unpaired) electrons. The maximum absolute atomic E-state index is 15.3. The molecule has 2 aromatic rings. The summed E-state index contributed by atoms with van der Waals surface area (Å²) in [6.45, 7) is 3.82. The van der Waals surface area contributed by atoms with Crippen molar-refractivity contribution in [3.8, 4) is 0 Å². The maximum atomic E-state index is 15.3. The van der Waals surface area contributed by atoms with Crippen LogP contribution in [0.2, 0.25) is 0 Å². The number of hydrogen-bond donors (Lipinski definition) is 5.